The number of rotatable bonds is 4. The second-order valence-electron chi connectivity index (χ2n) is 7.98. The highest BCUT2D eigenvalue weighted by atomic mass is 127. The molecular weight excluding hydrogens is 467 g/mol. The molecule has 0 bridgehead atoms. The van der Waals surface area contributed by atoms with Crippen molar-refractivity contribution in [2.45, 2.75) is 58.5 Å². The summed E-state index contributed by atoms with van der Waals surface area (Å²) in [4.78, 5) is 17.9. The first-order chi connectivity index (χ1) is 12.8. The molecule has 7 heteroatoms. The Morgan fingerprint density at radius 3 is 2.32 bits per heavy atom. The number of carbonyl (C=O) groups excluding carboxylic acids is 1. The minimum atomic E-state index is -0.211. The van der Waals surface area contributed by atoms with Crippen LogP contribution in [0.3, 0.4) is 0 Å². The first kappa shape index (κ1) is 24.5. The van der Waals surface area contributed by atoms with Gasteiger partial charge in [-0.25, -0.2) is 4.79 Å². The summed E-state index contributed by atoms with van der Waals surface area (Å²) in [7, 11) is 1.78. The van der Waals surface area contributed by atoms with Crippen LogP contribution in [0.1, 0.15) is 51.7 Å². The number of nitrogens with zero attached hydrogens (tertiary/aromatic N) is 2. The van der Waals surface area contributed by atoms with Gasteiger partial charge in [-0.2, -0.15) is 0 Å². The van der Waals surface area contributed by atoms with Gasteiger partial charge in [0.15, 0.2) is 5.96 Å². The molecule has 1 aliphatic heterocycles. The average Bonchev–Trinajstić information content (AvgIpc) is 2.65. The van der Waals surface area contributed by atoms with E-state index in [9.17, 15) is 4.79 Å². The Kier molecular flexibility index (Phi) is 10.1. The Labute approximate surface area is 186 Å². The lowest BCUT2D eigenvalue weighted by Gasteiger charge is -2.32. The molecule has 1 aromatic rings. The Bertz CT molecular complexity index is 633. The molecule has 0 unspecified atom stereocenters. The smallest absolute Gasteiger partial charge is 0.409 e. The number of hydrogen-bond acceptors (Lipinski definition) is 3. The molecule has 1 fully saturated rings. The monoisotopic (exact) mass is 502 g/mol. The van der Waals surface area contributed by atoms with Crippen molar-refractivity contribution in [3.63, 3.8) is 0 Å². The van der Waals surface area contributed by atoms with Crippen LogP contribution in [0, 0.1) is 0 Å². The zero-order valence-corrected chi connectivity index (χ0v) is 20.1. The third-order valence-corrected chi connectivity index (χ3v) is 4.87. The Morgan fingerprint density at radius 2 is 1.82 bits per heavy atom. The van der Waals surface area contributed by atoms with Crippen molar-refractivity contribution in [3.05, 3.63) is 35.4 Å². The number of carbonyl (C=O) groups is 1. The maximum atomic E-state index is 11.8. The van der Waals surface area contributed by atoms with E-state index < -0.39 is 0 Å². The number of nitrogens with one attached hydrogen (secondary N) is 2. The van der Waals surface area contributed by atoms with E-state index in [-0.39, 0.29) is 35.5 Å². The molecule has 1 amide bonds. The van der Waals surface area contributed by atoms with E-state index in [2.05, 4.69) is 60.7 Å². The fourth-order valence-corrected chi connectivity index (χ4v) is 3.12. The maximum absolute atomic E-state index is 11.8. The molecule has 1 saturated heterocycles. The lowest BCUT2D eigenvalue weighted by Crippen LogP contribution is -2.49. The van der Waals surface area contributed by atoms with Gasteiger partial charge in [-0.1, -0.05) is 45.0 Å². The highest BCUT2D eigenvalue weighted by molar-refractivity contribution is 14.0. The zero-order valence-electron chi connectivity index (χ0n) is 17.7. The topological polar surface area (TPSA) is 66.0 Å². The van der Waals surface area contributed by atoms with E-state index in [4.69, 9.17) is 4.74 Å². The predicted octanol–water partition coefficient (Wildman–Crippen LogP) is 3.89. The molecule has 0 spiro atoms. The number of amides is 1. The predicted molar refractivity (Wildman–Crippen MR) is 126 cm³/mol. The normalized spacial score (nSPS) is 15.6. The van der Waals surface area contributed by atoms with Crippen LogP contribution in [-0.2, 0) is 16.7 Å². The lowest BCUT2D eigenvalue weighted by atomic mass is 9.87. The summed E-state index contributed by atoms with van der Waals surface area (Å²) >= 11 is 0. The van der Waals surface area contributed by atoms with Crippen LogP contribution in [0.4, 0.5) is 4.79 Å². The van der Waals surface area contributed by atoms with Crippen molar-refractivity contribution >= 4 is 36.0 Å². The summed E-state index contributed by atoms with van der Waals surface area (Å²) < 4.78 is 5.07. The average molecular weight is 502 g/mol. The molecule has 2 N–H and O–H groups in total. The number of hydrogen-bond donors (Lipinski definition) is 2. The third-order valence-electron chi connectivity index (χ3n) is 4.87. The van der Waals surface area contributed by atoms with Crippen LogP contribution in [0.2, 0.25) is 0 Å². The molecule has 0 saturated carbocycles. The van der Waals surface area contributed by atoms with Gasteiger partial charge in [-0.05, 0) is 36.3 Å². The molecular formula is C21H35IN4O2. The van der Waals surface area contributed by atoms with Crippen molar-refractivity contribution in [2.24, 2.45) is 4.99 Å². The molecule has 0 atom stereocenters. The Hall–Kier alpha value is -1.51. The van der Waals surface area contributed by atoms with E-state index in [1.54, 1.807) is 11.9 Å². The van der Waals surface area contributed by atoms with Crippen LogP contribution in [0.15, 0.2) is 29.3 Å². The fourth-order valence-electron chi connectivity index (χ4n) is 3.12. The number of piperidine rings is 1. The van der Waals surface area contributed by atoms with Crippen LogP contribution >= 0.6 is 24.0 Å². The highest BCUT2D eigenvalue weighted by Gasteiger charge is 2.24. The maximum Gasteiger partial charge on any atom is 0.409 e. The van der Waals surface area contributed by atoms with Gasteiger partial charge >= 0.3 is 6.09 Å². The summed E-state index contributed by atoms with van der Waals surface area (Å²) in [6.07, 6.45) is 1.57. The number of benzene rings is 1. The quantitative estimate of drug-likeness (QED) is 0.373. The minimum Gasteiger partial charge on any atom is -0.450 e. The highest BCUT2D eigenvalue weighted by Crippen LogP contribution is 2.22. The molecule has 2 rings (SSSR count). The minimum absolute atomic E-state index is 0. The first-order valence-electron chi connectivity index (χ1n) is 9.81. The van der Waals surface area contributed by atoms with Gasteiger partial charge in [-0.3, -0.25) is 4.99 Å². The molecule has 0 aromatic heterocycles. The largest absolute Gasteiger partial charge is 0.450 e. The van der Waals surface area contributed by atoms with E-state index in [0.29, 0.717) is 25.7 Å². The summed E-state index contributed by atoms with van der Waals surface area (Å²) in [5.74, 6) is 0.796. The van der Waals surface area contributed by atoms with E-state index >= 15 is 0 Å². The molecule has 158 valence electrons. The third kappa shape index (κ3) is 7.48. The fraction of sp³-hybridized carbons (Fsp3) is 0.619. The number of aliphatic imine (C=N–C) groups is 1. The summed E-state index contributed by atoms with van der Waals surface area (Å²) in [6.45, 7) is 11.1. The Balaban J connectivity index is 0.00000392. The lowest BCUT2D eigenvalue weighted by molar-refractivity contribution is 0.0963. The first-order valence-corrected chi connectivity index (χ1v) is 9.81. The number of guanidine groups is 1. The summed E-state index contributed by atoms with van der Waals surface area (Å²) in [5.41, 5.74) is 2.73. The molecule has 1 heterocycles. The second kappa shape index (κ2) is 11.5. The van der Waals surface area contributed by atoms with Gasteiger partial charge in [-0.15, -0.1) is 24.0 Å². The molecule has 1 aliphatic rings. The molecule has 28 heavy (non-hydrogen) atoms. The van der Waals surface area contributed by atoms with E-state index in [1.807, 2.05) is 6.92 Å². The zero-order chi connectivity index (χ0) is 19.9. The summed E-state index contributed by atoms with van der Waals surface area (Å²) in [6, 6.07) is 9.03. The van der Waals surface area contributed by atoms with E-state index in [0.717, 1.165) is 25.3 Å². The summed E-state index contributed by atoms with van der Waals surface area (Å²) in [5, 5.41) is 6.84. The van der Waals surface area contributed by atoms with Gasteiger partial charge in [0.2, 0.25) is 0 Å². The number of ether oxygens (including phenoxy) is 1. The van der Waals surface area contributed by atoms with Crippen molar-refractivity contribution in [3.8, 4) is 0 Å². The number of likely N-dealkylation sites (tertiary alicyclic amines) is 1. The van der Waals surface area contributed by atoms with Crippen molar-refractivity contribution in [2.75, 3.05) is 26.7 Å². The van der Waals surface area contributed by atoms with Crippen LogP contribution in [-0.4, -0.2) is 49.7 Å². The van der Waals surface area contributed by atoms with Crippen molar-refractivity contribution in [1.29, 1.82) is 0 Å². The Morgan fingerprint density at radius 1 is 1.21 bits per heavy atom. The van der Waals surface area contributed by atoms with Gasteiger partial charge in [0.25, 0.3) is 0 Å². The van der Waals surface area contributed by atoms with Crippen LogP contribution < -0.4 is 10.6 Å². The number of halogens is 1. The molecule has 0 aliphatic carbocycles. The molecule has 1 aromatic carbocycles. The van der Waals surface area contributed by atoms with Gasteiger partial charge < -0.3 is 20.3 Å². The molecule has 0 radical (unpaired) electrons. The van der Waals surface area contributed by atoms with Crippen molar-refractivity contribution in [1.82, 2.24) is 15.5 Å². The van der Waals surface area contributed by atoms with Gasteiger partial charge in [0.1, 0.15) is 0 Å². The van der Waals surface area contributed by atoms with Crippen molar-refractivity contribution < 1.29 is 9.53 Å². The van der Waals surface area contributed by atoms with Crippen LogP contribution in [0.25, 0.3) is 0 Å². The van der Waals surface area contributed by atoms with Gasteiger partial charge in [0, 0.05) is 32.7 Å². The van der Waals surface area contributed by atoms with Crippen LogP contribution in [0.5, 0.6) is 0 Å². The second-order valence-corrected chi connectivity index (χ2v) is 7.98. The SMILES string of the molecule is CCOC(=O)N1CCC(NC(=NC)NCc2ccc(C(C)(C)C)cc2)CC1.I. The standard InChI is InChI=1S/C21H34N4O2.HI/c1-6-27-20(26)25-13-11-18(12-14-25)24-19(22-5)23-15-16-7-9-17(10-8-16)21(2,3)4;/h7-10,18H,6,11-15H2,1-5H3,(H2,22,23,24);1H. The van der Waals surface area contributed by atoms with E-state index in [1.165, 1.54) is 11.1 Å². The molecule has 6 nitrogen and oxygen atoms in total. The van der Waals surface area contributed by atoms with Gasteiger partial charge in [0.05, 0.1) is 6.61 Å².